The molecule has 0 atom stereocenters. The molecule has 0 fully saturated rings. The van der Waals surface area contributed by atoms with Crippen LogP contribution >= 0.6 is 11.6 Å². The van der Waals surface area contributed by atoms with Crippen LogP contribution in [0.4, 0.5) is 0 Å². The normalized spacial score (nSPS) is 12.6. The van der Waals surface area contributed by atoms with Crippen LogP contribution in [-0.2, 0) is 6.54 Å². The van der Waals surface area contributed by atoms with Gasteiger partial charge in [0.25, 0.3) is 0 Å². The molecule has 0 aliphatic heterocycles. The summed E-state index contributed by atoms with van der Waals surface area (Å²) in [5.74, 6) is 1.45. The average Bonchev–Trinajstić information content (AvgIpc) is 2.35. The van der Waals surface area contributed by atoms with E-state index in [2.05, 4.69) is 39.9 Å². The molecule has 0 saturated heterocycles. The molecule has 0 aliphatic carbocycles. The van der Waals surface area contributed by atoms with Gasteiger partial charge in [0.15, 0.2) is 11.5 Å². The molecular weight excluding hydrogens is 310 g/mol. The minimum atomic E-state index is 0.0168. The van der Waals surface area contributed by atoms with E-state index in [9.17, 15) is 0 Å². The van der Waals surface area contributed by atoms with Crippen LogP contribution in [0.1, 0.15) is 60.5 Å². The largest absolute Gasteiger partial charge is 0.493 e. The third-order valence-corrected chi connectivity index (χ3v) is 3.62. The highest BCUT2D eigenvalue weighted by molar-refractivity contribution is 6.30. The lowest BCUT2D eigenvalue weighted by molar-refractivity contribution is 0.221. The maximum atomic E-state index is 6.23. The van der Waals surface area contributed by atoms with Crippen LogP contribution in [0.3, 0.4) is 0 Å². The first-order valence-electron chi connectivity index (χ1n) is 8.21. The number of halogens is 1. The second kappa shape index (κ2) is 7.76. The highest BCUT2D eigenvalue weighted by Crippen LogP contribution is 2.36. The molecule has 132 valence electrons. The minimum Gasteiger partial charge on any atom is -0.493 e. The molecule has 3 nitrogen and oxygen atoms in total. The Labute approximate surface area is 146 Å². The molecule has 4 heteroatoms. The first-order valence-corrected chi connectivity index (χ1v) is 8.59. The lowest BCUT2D eigenvalue weighted by Gasteiger charge is -2.34. The van der Waals surface area contributed by atoms with Gasteiger partial charge in [-0.25, -0.2) is 0 Å². The van der Waals surface area contributed by atoms with Crippen molar-refractivity contribution in [3.8, 4) is 11.5 Å². The van der Waals surface area contributed by atoms with Gasteiger partial charge in [0.05, 0.1) is 13.2 Å². The summed E-state index contributed by atoms with van der Waals surface area (Å²) in [5, 5.41) is 4.29. The second-order valence-electron chi connectivity index (χ2n) is 8.24. The molecule has 0 bridgehead atoms. The molecule has 0 saturated carbocycles. The van der Waals surface area contributed by atoms with Gasteiger partial charge in [-0.1, -0.05) is 32.4 Å². The number of hydrogen-bond acceptors (Lipinski definition) is 3. The van der Waals surface area contributed by atoms with Gasteiger partial charge >= 0.3 is 0 Å². The van der Waals surface area contributed by atoms with Crippen LogP contribution in [0.25, 0.3) is 0 Å². The smallest absolute Gasteiger partial charge is 0.166 e. The zero-order valence-corrected chi connectivity index (χ0v) is 16.6. The van der Waals surface area contributed by atoms with E-state index >= 15 is 0 Å². The lowest BCUT2D eigenvalue weighted by atomic mass is 9.81. The fourth-order valence-electron chi connectivity index (χ4n) is 3.00. The standard InChI is InChI=1S/C19H32ClNO2/c1-13(2)23-17-14(9-15(20)10-16(17)22-8)11-21-19(6,7)12-18(3,4)5/h9-10,13,21H,11-12H2,1-8H3. The van der Waals surface area contributed by atoms with E-state index in [1.54, 1.807) is 13.2 Å². The van der Waals surface area contributed by atoms with Gasteiger partial charge in [-0.2, -0.15) is 0 Å². The van der Waals surface area contributed by atoms with Gasteiger partial charge in [0.1, 0.15) is 0 Å². The van der Waals surface area contributed by atoms with Crippen LogP contribution in [-0.4, -0.2) is 18.8 Å². The first-order chi connectivity index (χ1) is 10.4. The molecule has 0 aromatic heterocycles. The Bertz CT molecular complexity index is 519. The first kappa shape index (κ1) is 20.1. The Hall–Kier alpha value is -0.930. The fourth-order valence-corrected chi connectivity index (χ4v) is 3.23. The highest BCUT2D eigenvalue weighted by Gasteiger charge is 2.25. The highest BCUT2D eigenvalue weighted by atomic mass is 35.5. The van der Waals surface area contributed by atoms with E-state index < -0.39 is 0 Å². The maximum Gasteiger partial charge on any atom is 0.166 e. The Kier molecular flexibility index (Phi) is 6.79. The summed E-state index contributed by atoms with van der Waals surface area (Å²) in [6, 6.07) is 3.74. The number of methoxy groups -OCH3 is 1. The molecule has 0 unspecified atom stereocenters. The Morgan fingerprint density at radius 1 is 1.13 bits per heavy atom. The van der Waals surface area contributed by atoms with Crippen LogP contribution in [0.15, 0.2) is 12.1 Å². The van der Waals surface area contributed by atoms with E-state index in [0.717, 1.165) is 17.7 Å². The Morgan fingerprint density at radius 3 is 2.22 bits per heavy atom. The van der Waals surface area contributed by atoms with Crippen LogP contribution in [0.5, 0.6) is 11.5 Å². The molecule has 0 heterocycles. The van der Waals surface area contributed by atoms with Crippen molar-refractivity contribution in [1.29, 1.82) is 0 Å². The Morgan fingerprint density at radius 2 is 1.74 bits per heavy atom. The summed E-state index contributed by atoms with van der Waals surface area (Å²) >= 11 is 6.23. The summed E-state index contributed by atoms with van der Waals surface area (Å²) in [5.41, 5.74) is 1.30. The van der Waals surface area contributed by atoms with Crippen LogP contribution in [0, 0.1) is 5.41 Å². The van der Waals surface area contributed by atoms with E-state index in [4.69, 9.17) is 21.1 Å². The topological polar surface area (TPSA) is 30.5 Å². The fraction of sp³-hybridized carbons (Fsp3) is 0.684. The van der Waals surface area contributed by atoms with E-state index in [1.165, 1.54) is 0 Å². The van der Waals surface area contributed by atoms with Crippen molar-refractivity contribution in [2.45, 2.75) is 73.1 Å². The summed E-state index contributed by atoms with van der Waals surface area (Å²) in [7, 11) is 1.64. The van der Waals surface area contributed by atoms with Crippen LogP contribution < -0.4 is 14.8 Å². The summed E-state index contributed by atoms with van der Waals surface area (Å²) in [4.78, 5) is 0. The van der Waals surface area contributed by atoms with Gasteiger partial charge < -0.3 is 14.8 Å². The van der Waals surface area contributed by atoms with Crippen LogP contribution in [0.2, 0.25) is 5.02 Å². The number of benzene rings is 1. The van der Waals surface area contributed by atoms with Crippen molar-refractivity contribution in [2.75, 3.05) is 7.11 Å². The minimum absolute atomic E-state index is 0.0168. The summed E-state index contributed by atoms with van der Waals surface area (Å²) in [6.07, 6.45) is 1.14. The van der Waals surface area contributed by atoms with Gasteiger partial charge in [-0.3, -0.25) is 0 Å². The van der Waals surface area contributed by atoms with E-state index in [1.807, 2.05) is 19.9 Å². The second-order valence-corrected chi connectivity index (χ2v) is 8.67. The van der Waals surface area contributed by atoms with Crippen molar-refractivity contribution < 1.29 is 9.47 Å². The summed E-state index contributed by atoms with van der Waals surface area (Å²) in [6.45, 7) is 15.9. The molecule has 0 aliphatic rings. The SMILES string of the molecule is COc1cc(Cl)cc(CNC(C)(C)CC(C)(C)C)c1OC(C)C. The molecule has 1 aromatic rings. The van der Waals surface area contributed by atoms with E-state index in [-0.39, 0.29) is 17.1 Å². The Balaban J connectivity index is 3.00. The molecule has 1 aromatic carbocycles. The average molecular weight is 342 g/mol. The molecule has 0 radical (unpaired) electrons. The van der Waals surface area contributed by atoms with Crippen molar-refractivity contribution in [2.24, 2.45) is 5.41 Å². The maximum absolute atomic E-state index is 6.23. The van der Waals surface area contributed by atoms with Gasteiger partial charge in [-0.05, 0) is 45.6 Å². The zero-order valence-electron chi connectivity index (χ0n) is 15.8. The third kappa shape index (κ3) is 7.01. The number of ether oxygens (including phenoxy) is 2. The van der Waals surface area contributed by atoms with Crippen molar-refractivity contribution >= 4 is 11.6 Å². The zero-order chi connectivity index (χ0) is 17.8. The third-order valence-electron chi connectivity index (χ3n) is 3.40. The van der Waals surface area contributed by atoms with E-state index in [0.29, 0.717) is 17.3 Å². The van der Waals surface area contributed by atoms with Gasteiger partial charge in [0, 0.05) is 28.7 Å². The molecule has 23 heavy (non-hydrogen) atoms. The number of rotatable bonds is 7. The van der Waals surface area contributed by atoms with Crippen molar-refractivity contribution in [3.63, 3.8) is 0 Å². The quantitative estimate of drug-likeness (QED) is 0.716. The molecular formula is C19H32ClNO2. The predicted molar refractivity (Wildman–Crippen MR) is 98.8 cm³/mol. The van der Waals surface area contributed by atoms with Gasteiger partial charge in [0.2, 0.25) is 0 Å². The number of nitrogens with one attached hydrogen (secondary N) is 1. The lowest BCUT2D eigenvalue weighted by Crippen LogP contribution is -2.41. The number of hydrogen-bond donors (Lipinski definition) is 1. The van der Waals surface area contributed by atoms with Crippen molar-refractivity contribution in [3.05, 3.63) is 22.7 Å². The molecule has 0 spiro atoms. The monoisotopic (exact) mass is 341 g/mol. The molecule has 0 amide bonds. The molecule has 1 rings (SSSR count). The molecule has 1 N–H and O–H groups in total. The van der Waals surface area contributed by atoms with Crippen molar-refractivity contribution in [1.82, 2.24) is 5.32 Å². The predicted octanol–water partition coefficient (Wildman–Crippen LogP) is 5.44. The summed E-state index contributed by atoms with van der Waals surface area (Å²) < 4.78 is 11.4. The van der Waals surface area contributed by atoms with Gasteiger partial charge in [-0.15, -0.1) is 0 Å².